The third-order valence-corrected chi connectivity index (χ3v) is 2.97. The van der Waals surface area contributed by atoms with Crippen molar-refractivity contribution < 1.29 is 19.1 Å². The van der Waals surface area contributed by atoms with Crippen molar-refractivity contribution in [3.8, 4) is 5.75 Å². The first-order valence-electron chi connectivity index (χ1n) is 7.16. The van der Waals surface area contributed by atoms with Crippen LogP contribution in [0, 0.1) is 6.92 Å². The van der Waals surface area contributed by atoms with Crippen LogP contribution in [0.1, 0.15) is 39.6 Å². The topological polar surface area (TPSA) is 52.6 Å². The molecule has 0 N–H and O–H groups in total. The van der Waals surface area contributed by atoms with E-state index in [4.69, 9.17) is 9.47 Å². The highest BCUT2D eigenvalue weighted by molar-refractivity contribution is 5.92. The number of carbonyl (C=O) groups excluding carboxylic acids is 2. The van der Waals surface area contributed by atoms with Gasteiger partial charge in [-0.3, -0.25) is 0 Å². The van der Waals surface area contributed by atoms with Gasteiger partial charge < -0.3 is 9.47 Å². The molecule has 0 amide bonds. The SMILES string of the molecule is CCCOC(=O)c1cccc(OC(=O)c2cccc(C)c2)c1. The van der Waals surface area contributed by atoms with Gasteiger partial charge in [-0.25, -0.2) is 9.59 Å². The number of rotatable bonds is 5. The molecule has 114 valence electrons. The Morgan fingerprint density at radius 1 is 0.955 bits per heavy atom. The van der Waals surface area contributed by atoms with E-state index in [9.17, 15) is 9.59 Å². The average Bonchev–Trinajstić information content (AvgIpc) is 2.52. The molecule has 0 bridgehead atoms. The van der Waals surface area contributed by atoms with Crippen molar-refractivity contribution in [2.75, 3.05) is 6.61 Å². The summed E-state index contributed by atoms with van der Waals surface area (Å²) in [4.78, 5) is 23.9. The average molecular weight is 298 g/mol. The van der Waals surface area contributed by atoms with Gasteiger partial charge in [0.15, 0.2) is 0 Å². The van der Waals surface area contributed by atoms with Gasteiger partial charge in [0.25, 0.3) is 0 Å². The highest BCUT2D eigenvalue weighted by Crippen LogP contribution is 2.16. The molecule has 0 aliphatic heterocycles. The van der Waals surface area contributed by atoms with Gasteiger partial charge in [0.1, 0.15) is 5.75 Å². The van der Waals surface area contributed by atoms with Crippen LogP contribution in [-0.2, 0) is 4.74 Å². The summed E-state index contributed by atoms with van der Waals surface area (Å²) < 4.78 is 10.4. The molecule has 0 aliphatic rings. The number of carbonyl (C=O) groups is 2. The van der Waals surface area contributed by atoms with Gasteiger partial charge in [0, 0.05) is 0 Å². The second kappa shape index (κ2) is 7.41. The second-order valence-electron chi connectivity index (χ2n) is 4.92. The summed E-state index contributed by atoms with van der Waals surface area (Å²) in [5.41, 5.74) is 1.81. The van der Waals surface area contributed by atoms with E-state index in [2.05, 4.69) is 0 Å². The summed E-state index contributed by atoms with van der Waals surface area (Å²) in [6, 6.07) is 13.6. The smallest absolute Gasteiger partial charge is 0.343 e. The quantitative estimate of drug-likeness (QED) is 0.622. The minimum Gasteiger partial charge on any atom is -0.462 e. The summed E-state index contributed by atoms with van der Waals surface area (Å²) in [6.45, 7) is 4.20. The zero-order valence-corrected chi connectivity index (χ0v) is 12.7. The van der Waals surface area contributed by atoms with Crippen LogP contribution >= 0.6 is 0 Å². The Balaban J connectivity index is 2.10. The molecular formula is C18H18O4. The highest BCUT2D eigenvalue weighted by Gasteiger charge is 2.11. The largest absolute Gasteiger partial charge is 0.462 e. The van der Waals surface area contributed by atoms with Crippen LogP contribution in [0.3, 0.4) is 0 Å². The fourth-order valence-corrected chi connectivity index (χ4v) is 1.90. The Labute approximate surface area is 129 Å². The van der Waals surface area contributed by atoms with Crippen molar-refractivity contribution in [1.82, 2.24) is 0 Å². The minimum absolute atomic E-state index is 0.317. The first kappa shape index (κ1) is 15.8. The molecule has 0 saturated heterocycles. The van der Waals surface area contributed by atoms with E-state index in [1.165, 1.54) is 6.07 Å². The molecule has 0 spiro atoms. The van der Waals surface area contributed by atoms with E-state index in [0.717, 1.165) is 12.0 Å². The maximum atomic E-state index is 12.1. The van der Waals surface area contributed by atoms with Crippen LogP contribution in [0.25, 0.3) is 0 Å². The second-order valence-corrected chi connectivity index (χ2v) is 4.92. The Kier molecular flexibility index (Phi) is 5.31. The summed E-state index contributed by atoms with van der Waals surface area (Å²) in [7, 11) is 0. The molecule has 2 aromatic rings. The zero-order chi connectivity index (χ0) is 15.9. The molecule has 0 saturated carbocycles. The molecule has 0 radical (unpaired) electrons. The first-order chi connectivity index (χ1) is 10.6. The van der Waals surface area contributed by atoms with E-state index >= 15 is 0 Å². The highest BCUT2D eigenvalue weighted by atomic mass is 16.5. The van der Waals surface area contributed by atoms with Crippen LogP contribution in [0.2, 0.25) is 0 Å². The van der Waals surface area contributed by atoms with Gasteiger partial charge in [-0.05, 0) is 43.7 Å². The number of ether oxygens (including phenoxy) is 2. The lowest BCUT2D eigenvalue weighted by Crippen LogP contribution is -2.10. The van der Waals surface area contributed by atoms with Crippen molar-refractivity contribution in [3.63, 3.8) is 0 Å². The van der Waals surface area contributed by atoms with Gasteiger partial charge in [0.05, 0.1) is 17.7 Å². The molecule has 0 unspecified atom stereocenters. The standard InChI is InChI=1S/C18H18O4/c1-3-10-21-17(19)15-8-5-9-16(12-15)22-18(20)14-7-4-6-13(2)11-14/h4-9,11-12H,3,10H2,1-2H3. The van der Waals surface area contributed by atoms with Crippen LogP contribution in [-0.4, -0.2) is 18.5 Å². The van der Waals surface area contributed by atoms with Crippen LogP contribution < -0.4 is 4.74 Å². The summed E-state index contributed by atoms with van der Waals surface area (Å²) in [6.07, 6.45) is 0.758. The molecule has 2 aromatic carbocycles. The lowest BCUT2D eigenvalue weighted by Gasteiger charge is -2.07. The van der Waals surface area contributed by atoms with Crippen molar-refractivity contribution in [2.45, 2.75) is 20.3 Å². The lowest BCUT2D eigenvalue weighted by atomic mass is 10.1. The number of aryl methyl sites for hydroxylation is 1. The van der Waals surface area contributed by atoms with Gasteiger partial charge in [0.2, 0.25) is 0 Å². The van der Waals surface area contributed by atoms with Crippen molar-refractivity contribution in [3.05, 3.63) is 65.2 Å². The molecule has 22 heavy (non-hydrogen) atoms. The van der Waals surface area contributed by atoms with E-state index in [1.54, 1.807) is 36.4 Å². The molecule has 0 aliphatic carbocycles. The van der Waals surface area contributed by atoms with Crippen LogP contribution in [0.15, 0.2) is 48.5 Å². The Morgan fingerprint density at radius 2 is 1.64 bits per heavy atom. The Hall–Kier alpha value is -2.62. The third kappa shape index (κ3) is 4.19. The molecule has 0 aromatic heterocycles. The lowest BCUT2D eigenvalue weighted by molar-refractivity contribution is 0.0503. The van der Waals surface area contributed by atoms with Gasteiger partial charge >= 0.3 is 11.9 Å². The van der Waals surface area contributed by atoms with Crippen LogP contribution in [0.5, 0.6) is 5.75 Å². The Bertz CT molecular complexity index is 676. The number of hydrogen-bond acceptors (Lipinski definition) is 4. The molecular weight excluding hydrogens is 280 g/mol. The summed E-state index contributed by atoms with van der Waals surface area (Å²) >= 11 is 0. The van der Waals surface area contributed by atoms with Gasteiger partial charge in [-0.15, -0.1) is 0 Å². The van der Waals surface area contributed by atoms with E-state index in [0.29, 0.717) is 23.5 Å². The summed E-state index contributed by atoms with van der Waals surface area (Å²) in [5.74, 6) is -0.560. The number of esters is 2. The number of benzene rings is 2. The minimum atomic E-state index is -0.456. The first-order valence-corrected chi connectivity index (χ1v) is 7.16. The van der Waals surface area contributed by atoms with E-state index < -0.39 is 11.9 Å². The molecule has 4 nitrogen and oxygen atoms in total. The van der Waals surface area contributed by atoms with E-state index in [1.807, 2.05) is 19.9 Å². The fraction of sp³-hybridized carbons (Fsp3) is 0.222. The van der Waals surface area contributed by atoms with Crippen molar-refractivity contribution >= 4 is 11.9 Å². The molecule has 2 rings (SSSR count). The monoisotopic (exact) mass is 298 g/mol. The third-order valence-electron chi connectivity index (χ3n) is 2.97. The van der Waals surface area contributed by atoms with Crippen molar-refractivity contribution in [1.29, 1.82) is 0 Å². The predicted molar refractivity (Wildman–Crippen MR) is 83.2 cm³/mol. The number of hydrogen-bond donors (Lipinski definition) is 0. The van der Waals surface area contributed by atoms with Gasteiger partial charge in [-0.2, -0.15) is 0 Å². The zero-order valence-electron chi connectivity index (χ0n) is 12.7. The van der Waals surface area contributed by atoms with Gasteiger partial charge in [-0.1, -0.05) is 30.7 Å². The molecule has 0 fully saturated rings. The maximum absolute atomic E-state index is 12.1. The normalized spacial score (nSPS) is 10.1. The summed E-state index contributed by atoms with van der Waals surface area (Å²) in [5, 5.41) is 0. The molecule has 0 atom stereocenters. The fourth-order valence-electron chi connectivity index (χ4n) is 1.90. The molecule has 4 heteroatoms. The predicted octanol–water partition coefficient (Wildman–Crippen LogP) is 3.78. The molecule has 0 heterocycles. The van der Waals surface area contributed by atoms with Crippen LogP contribution in [0.4, 0.5) is 0 Å². The van der Waals surface area contributed by atoms with E-state index in [-0.39, 0.29) is 0 Å². The maximum Gasteiger partial charge on any atom is 0.343 e. The van der Waals surface area contributed by atoms with Crippen molar-refractivity contribution in [2.24, 2.45) is 0 Å². The Morgan fingerprint density at radius 3 is 2.32 bits per heavy atom.